The van der Waals surface area contributed by atoms with Gasteiger partial charge in [-0.15, -0.1) is 0 Å². The quantitative estimate of drug-likeness (QED) is 0.812. The van der Waals surface area contributed by atoms with Gasteiger partial charge in [0.25, 0.3) is 0 Å². The van der Waals surface area contributed by atoms with Gasteiger partial charge in [0.1, 0.15) is 0 Å². The van der Waals surface area contributed by atoms with Crippen molar-refractivity contribution in [3.63, 3.8) is 0 Å². The Morgan fingerprint density at radius 1 is 1.35 bits per heavy atom. The van der Waals surface area contributed by atoms with Crippen LogP contribution in [-0.4, -0.2) is 29.5 Å². The molecule has 2 unspecified atom stereocenters. The fourth-order valence-corrected chi connectivity index (χ4v) is 3.42. The summed E-state index contributed by atoms with van der Waals surface area (Å²) < 4.78 is 7.72. The summed E-state index contributed by atoms with van der Waals surface area (Å²) in [6.45, 7) is 6.44. The highest BCUT2D eigenvalue weighted by molar-refractivity contribution is 5.29. The highest BCUT2D eigenvalue weighted by atomic mass is 16.5. The van der Waals surface area contributed by atoms with E-state index in [-0.39, 0.29) is 0 Å². The number of nitrogens with zero attached hydrogens (tertiary/aromatic N) is 2. The van der Waals surface area contributed by atoms with Gasteiger partial charge >= 0.3 is 0 Å². The van der Waals surface area contributed by atoms with Gasteiger partial charge in [-0.2, -0.15) is 5.10 Å². The van der Waals surface area contributed by atoms with Crippen molar-refractivity contribution in [3.8, 4) is 5.75 Å². The molecule has 0 aliphatic heterocycles. The third kappa shape index (κ3) is 3.54. The third-order valence-corrected chi connectivity index (χ3v) is 4.30. The van der Waals surface area contributed by atoms with Crippen molar-refractivity contribution >= 4 is 0 Å². The summed E-state index contributed by atoms with van der Waals surface area (Å²) >= 11 is 0. The Bertz CT molecular complexity index is 402. The molecular formula is C16H29N3O. The van der Waals surface area contributed by atoms with E-state index in [0.29, 0.717) is 12.0 Å². The molecule has 1 aliphatic rings. The lowest BCUT2D eigenvalue weighted by Crippen LogP contribution is -2.30. The molecular weight excluding hydrogens is 250 g/mol. The van der Waals surface area contributed by atoms with E-state index in [2.05, 4.69) is 28.9 Å². The normalized spacial score (nSPS) is 23.6. The summed E-state index contributed by atoms with van der Waals surface area (Å²) in [5.41, 5.74) is 1.32. The summed E-state index contributed by atoms with van der Waals surface area (Å²) in [5, 5.41) is 8.16. The molecule has 0 aromatic carbocycles. The first-order valence-corrected chi connectivity index (χ1v) is 8.13. The van der Waals surface area contributed by atoms with Gasteiger partial charge in [0.2, 0.25) is 0 Å². The highest BCUT2D eigenvalue weighted by Gasteiger charge is 2.26. The maximum Gasteiger partial charge on any atom is 0.160 e. The molecule has 114 valence electrons. The highest BCUT2D eigenvalue weighted by Crippen LogP contribution is 2.36. The van der Waals surface area contributed by atoms with Gasteiger partial charge in [-0.25, -0.2) is 0 Å². The molecule has 1 aliphatic carbocycles. The second kappa shape index (κ2) is 7.67. The summed E-state index contributed by atoms with van der Waals surface area (Å²) in [7, 11) is 1.76. The van der Waals surface area contributed by atoms with Crippen molar-refractivity contribution in [2.24, 2.45) is 0 Å². The van der Waals surface area contributed by atoms with Gasteiger partial charge in [-0.05, 0) is 32.2 Å². The molecule has 1 N–H and O–H groups in total. The first kappa shape index (κ1) is 15.4. The van der Waals surface area contributed by atoms with Crippen molar-refractivity contribution in [1.29, 1.82) is 0 Å². The van der Waals surface area contributed by atoms with E-state index in [1.54, 1.807) is 7.11 Å². The van der Waals surface area contributed by atoms with E-state index >= 15 is 0 Å². The van der Waals surface area contributed by atoms with Crippen LogP contribution in [0.1, 0.15) is 64.0 Å². The van der Waals surface area contributed by atoms with E-state index in [9.17, 15) is 0 Å². The van der Waals surface area contributed by atoms with Crippen molar-refractivity contribution in [2.75, 3.05) is 13.7 Å². The smallest absolute Gasteiger partial charge is 0.160 e. The Kier molecular flexibility index (Phi) is 5.89. The Hall–Kier alpha value is -1.03. The van der Waals surface area contributed by atoms with Crippen LogP contribution in [0.15, 0.2) is 6.20 Å². The van der Waals surface area contributed by atoms with Crippen molar-refractivity contribution in [3.05, 3.63) is 11.9 Å². The lowest BCUT2D eigenvalue weighted by molar-refractivity contribution is 0.384. The minimum Gasteiger partial charge on any atom is -0.493 e. The lowest BCUT2D eigenvalue weighted by atomic mass is 9.94. The zero-order chi connectivity index (χ0) is 14.4. The predicted octanol–water partition coefficient (Wildman–Crippen LogP) is 3.33. The number of hydrogen-bond acceptors (Lipinski definition) is 3. The molecule has 2 rings (SSSR count). The van der Waals surface area contributed by atoms with Crippen LogP contribution in [0.4, 0.5) is 0 Å². The Morgan fingerprint density at radius 2 is 2.15 bits per heavy atom. The third-order valence-electron chi connectivity index (χ3n) is 4.30. The number of rotatable bonds is 6. The van der Waals surface area contributed by atoms with Crippen LogP contribution in [0.5, 0.6) is 5.75 Å². The minimum atomic E-state index is 0.575. The fraction of sp³-hybridized carbons (Fsp3) is 0.812. The predicted molar refractivity (Wildman–Crippen MR) is 82.4 cm³/mol. The van der Waals surface area contributed by atoms with Gasteiger partial charge in [-0.1, -0.05) is 26.7 Å². The number of ether oxygens (including phenoxy) is 1. The lowest BCUT2D eigenvalue weighted by Gasteiger charge is -2.22. The summed E-state index contributed by atoms with van der Waals surface area (Å²) in [4.78, 5) is 0. The molecule has 0 radical (unpaired) electrons. The number of hydrogen-bond donors (Lipinski definition) is 1. The van der Waals surface area contributed by atoms with Gasteiger partial charge in [-0.3, -0.25) is 4.68 Å². The summed E-state index contributed by atoms with van der Waals surface area (Å²) in [5.74, 6) is 1.55. The molecule has 1 saturated carbocycles. The SMILES string of the molecule is CCCn1ncc(OC)c1C1CCCCC(NCC)C1. The largest absolute Gasteiger partial charge is 0.493 e. The summed E-state index contributed by atoms with van der Waals surface area (Å²) in [6, 6.07) is 0.641. The second-order valence-corrected chi connectivity index (χ2v) is 5.79. The minimum absolute atomic E-state index is 0.575. The second-order valence-electron chi connectivity index (χ2n) is 5.79. The van der Waals surface area contributed by atoms with Crippen LogP contribution >= 0.6 is 0 Å². The molecule has 20 heavy (non-hydrogen) atoms. The van der Waals surface area contributed by atoms with Gasteiger partial charge < -0.3 is 10.1 Å². The van der Waals surface area contributed by atoms with Gasteiger partial charge in [0.15, 0.2) is 5.75 Å². The van der Waals surface area contributed by atoms with E-state index in [1.165, 1.54) is 37.8 Å². The Labute approximate surface area is 122 Å². The molecule has 2 atom stereocenters. The fourth-order valence-electron chi connectivity index (χ4n) is 3.42. The van der Waals surface area contributed by atoms with Crippen molar-refractivity contribution in [1.82, 2.24) is 15.1 Å². The molecule has 1 aromatic heterocycles. The van der Waals surface area contributed by atoms with Gasteiger partial charge in [0.05, 0.1) is 19.0 Å². The zero-order valence-corrected chi connectivity index (χ0v) is 13.2. The Balaban J connectivity index is 2.20. The maximum atomic E-state index is 5.56. The van der Waals surface area contributed by atoms with Crippen LogP contribution in [0.25, 0.3) is 0 Å². The van der Waals surface area contributed by atoms with E-state index < -0.39 is 0 Å². The Morgan fingerprint density at radius 3 is 2.85 bits per heavy atom. The monoisotopic (exact) mass is 279 g/mol. The van der Waals surface area contributed by atoms with Crippen LogP contribution in [0.2, 0.25) is 0 Å². The van der Waals surface area contributed by atoms with E-state index in [0.717, 1.165) is 25.3 Å². The molecule has 1 fully saturated rings. The number of aryl methyl sites for hydroxylation is 1. The summed E-state index contributed by atoms with van der Waals surface area (Å²) in [6.07, 6.45) is 9.41. The molecule has 0 spiro atoms. The van der Waals surface area contributed by atoms with Gasteiger partial charge in [0, 0.05) is 18.5 Å². The zero-order valence-electron chi connectivity index (χ0n) is 13.2. The van der Waals surface area contributed by atoms with Crippen LogP contribution in [0.3, 0.4) is 0 Å². The van der Waals surface area contributed by atoms with Crippen molar-refractivity contribution < 1.29 is 4.74 Å². The molecule has 0 saturated heterocycles. The first-order chi connectivity index (χ1) is 9.80. The average molecular weight is 279 g/mol. The van der Waals surface area contributed by atoms with Crippen LogP contribution < -0.4 is 10.1 Å². The number of methoxy groups -OCH3 is 1. The molecule has 4 heteroatoms. The molecule has 0 bridgehead atoms. The van der Waals surface area contributed by atoms with Crippen molar-refractivity contribution in [2.45, 2.75) is 70.9 Å². The topological polar surface area (TPSA) is 39.1 Å². The number of aromatic nitrogens is 2. The standard InChI is InChI=1S/C16H29N3O/c1-4-10-19-16(15(20-3)12-18-19)13-8-6-7-9-14(11-13)17-5-2/h12-14,17H,4-11H2,1-3H3. The van der Waals surface area contributed by atoms with Crippen LogP contribution in [0, 0.1) is 0 Å². The average Bonchev–Trinajstić information content (AvgIpc) is 2.71. The first-order valence-electron chi connectivity index (χ1n) is 8.13. The maximum absolute atomic E-state index is 5.56. The molecule has 4 nitrogen and oxygen atoms in total. The molecule has 1 heterocycles. The van der Waals surface area contributed by atoms with Crippen LogP contribution in [-0.2, 0) is 6.54 Å². The van der Waals surface area contributed by atoms with E-state index in [4.69, 9.17) is 4.74 Å². The number of nitrogens with one attached hydrogen (secondary N) is 1. The van der Waals surface area contributed by atoms with E-state index in [1.807, 2.05) is 6.20 Å². The molecule has 1 aromatic rings. The molecule has 0 amide bonds.